The molecule has 0 atom stereocenters. The zero-order valence-electron chi connectivity index (χ0n) is 5.57. The summed E-state index contributed by atoms with van der Waals surface area (Å²) in [6, 6.07) is 0. The summed E-state index contributed by atoms with van der Waals surface area (Å²) < 4.78 is 0. The summed E-state index contributed by atoms with van der Waals surface area (Å²) >= 11 is 0. The van der Waals surface area contributed by atoms with E-state index in [2.05, 4.69) is 0 Å². The van der Waals surface area contributed by atoms with Crippen LogP contribution in [0.15, 0.2) is 0 Å². The second kappa shape index (κ2) is 8.60. The van der Waals surface area contributed by atoms with Crippen LogP contribution < -0.4 is 18.9 Å². The van der Waals surface area contributed by atoms with Crippen LogP contribution in [0.5, 0.6) is 0 Å². The SMILES string of the molecule is O[Si](O)(O)O.[B].[BiH3].[H-].[Li+]. The minimum atomic E-state index is -4.61. The molecule has 0 fully saturated rings. The molecule has 45 valence electrons. The van der Waals surface area contributed by atoms with Crippen molar-refractivity contribution in [1.82, 2.24) is 0 Å². The van der Waals surface area contributed by atoms with Crippen molar-refractivity contribution < 1.29 is 39.5 Å². The van der Waals surface area contributed by atoms with Gasteiger partial charge in [-0.2, -0.15) is 0 Å². The van der Waals surface area contributed by atoms with Crippen molar-refractivity contribution in [1.29, 1.82) is 0 Å². The molecular weight excluding hydrogens is 319 g/mol. The predicted octanol–water partition coefficient (Wildman–Crippen LogP) is -7.06. The molecule has 0 saturated carbocycles. The van der Waals surface area contributed by atoms with Gasteiger partial charge in [0.1, 0.15) is 0 Å². The quantitative estimate of drug-likeness (QED) is 0.334. The maximum Gasteiger partial charge on any atom is 1.00 e. The van der Waals surface area contributed by atoms with Crippen LogP contribution in [0, 0.1) is 0 Å². The minimum Gasteiger partial charge on any atom is -1.00 e. The molecular formula is H8BBiLiO4Si. The fraction of sp³-hybridized carbons (Fsp3) is 0. The van der Waals surface area contributed by atoms with Gasteiger partial charge in [-0.05, 0) is 0 Å². The number of hydrogen-bond donors (Lipinski definition) is 4. The molecule has 8 heavy (non-hydrogen) atoms. The molecule has 0 aliphatic rings. The van der Waals surface area contributed by atoms with Gasteiger partial charge in [0.05, 0.1) is 0 Å². The van der Waals surface area contributed by atoms with Gasteiger partial charge in [0.15, 0.2) is 0 Å². The minimum absolute atomic E-state index is 0. The maximum absolute atomic E-state index is 7.33. The van der Waals surface area contributed by atoms with Crippen molar-refractivity contribution >= 4 is 43.7 Å². The van der Waals surface area contributed by atoms with Crippen molar-refractivity contribution in [3.8, 4) is 0 Å². The first-order valence-electron chi connectivity index (χ1n) is 0.894. The van der Waals surface area contributed by atoms with Crippen molar-refractivity contribution in [2.75, 3.05) is 0 Å². The van der Waals surface area contributed by atoms with E-state index in [0.717, 1.165) is 0 Å². The molecule has 0 rings (SSSR count). The fourth-order valence-corrected chi connectivity index (χ4v) is 0. The van der Waals surface area contributed by atoms with Gasteiger partial charge >= 0.3 is 54.1 Å². The third-order valence-electron chi connectivity index (χ3n) is 0. The molecule has 0 unspecified atom stereocenters. The van der Waals surface area contributed by atoms with E-state index in [1.165, 1.54) is 0 Å². The van der Waals surface area contributed by atoms with Crippen LogP contribution >= 0.6 is 0 Å². The molecule has 0 aromatic heterocycles. The summed E-state index contributed by atoms with van der Waals surface area (Å²) in [4.78, 5) is 29.3. The molecule has 4 nitrogen and oxygen atoms in total. The van der Waals surface area contributed by atoms with Gasteiger partial charge in [-0.1, -0.05) is 0 Å². The molecule has 3 radical (unpaired) electrons. The third-order valence-corrected chi connectivity index (χ3v) is 0. The Labute approximate surface area is 82.8 Å². The molecule has 0 aromatic rings. The summed E-state index contributed by atoms with van der Waals surface area (Å²) in [6.07, 6.45) is 0. The van der Waals surface area contributed by atoms with Gasteiger partial charge in [0, 0.05) is 8.41 Å². The van der Waals surface area contributed by atoms with Gasteiger partial charge in [-0.3, -0.25) is 0 Å². The average molecular weight is 327 g/mol. The Kier molecular flexibility index (Phi) is 24.3. The van der Waals surface area contributed by atoms with Crippen molar-refractivity contribution in [2.24, 2.45) is 0 Å². The van der Waals surface area contributed by atoms with Gasteiger partial charge in [-0.25, -0.2) is 0 Å². The third kappa shape index (κ3) is 129. The van der Waals surface area contributed by atoms with Crippen LogP contribution in [0.25, 0.3) is 0 Å². The Morgan fingerprint density at radius 3 is 1.00 bits per heavy atom. The van der Waals surface area contributed by atoms with E-state index < -0.39 is 9.05 Å². The van der Waals surface area contributed by atoms with E-state index in [1.54, 1.807) is 0 Å². The van der Waals surface area contributed by atoms with Crippen LogP contribution in [0.3, 0.4) is 0 Å². The van der Waals surface area contributed by atoms with Gasteiger partial charge in [0.25, 0.3) is 0 Å². The molecule has 8 heteroatoms. The van der Waals surface area contributed by atoms with E-state index in [-0.39, 0.29) is 54.9 Å². The normalized spacial score (nSPS) is 7.50. The van der Waals surface area contributed by atoms with Crippen molar-refractivity contribution in [3.63, 3.8) is 0 Å². The molecule has 0 saturated heterocycles. The zero-order chi connectivity index (χ0) is 4.50. The second-order valence-electron chi connectivity index (χ2n) is 0.600. The molecule has 0 bridgehead atoms. The smallest absolute Gasteiger partial charge is 1.00 e. The van der Waals surface area contributed by atoms with E-state index in [1.807, 2.05) is 0 Å². The molecule has 4 N–H and O–H groups in total. The van der Waals surface area contributed by atoms with E-state index in [4.69, 9.17) is 19.2 Å². The zero-order valence-corrected chi connectivity index (χ0v) is 11.1. The Morgan fingerprint density at radius 1 is 1.00 bits per heavy atom. The van der Waals surface area contributed by atoms with Gasteiger partial charge < -0.3 is 20.6 Å². The first-order valence-corrected chi connectivity index (χ1v) is 2.68. The molecule has 0 aromatic carbocycles. The van der Waals surface area contributed by atoms with E-state index in [9.17, 15) is 0 Å². The van der Waals surface area contributed by atoms with Crippen LogP contribution in [0.2, 0.25) is 0 Å². The second-order valence-corrected chi connectivity index (χ2v) is 1.80. The Hall–Kier alpha value is 1.60. The summed E-state index contributed by atoms with van der Waals surface area (Å²) in [7, 11) is -4.61. The van der Waals surface area contributed by atoms with Crippen molar-refractivity contribution in [2.45, 2.75) is 0 Å². The summed E-state index contributed by atoms with van der Waals surface area (Å²) in [5.74, 6) is 0. The number of rotatable bonds is 0. The largest absolute Gasteiger partial charge is 1.00 e. The van der Waals surface area contributed by atoms with Gasteiger partial charge in [0.2, 0.25) is 0 Å². The molecule has 0 aliphatic heterocycles. The summed E-state index contributed by atoms with van der Waals surface area (Å²) in [5.41, 5.74) is 0. The summed E-state index contributed by atoms with van der Waals surface area (Å²) in [6.45, 7) is 0. The molecule has 0 spiro atoms. The molecule has 0 heterocycles. The Bertz CT molecular complexity index is 36.0. The Balaban J connectivity index is -0.0000000133. The monoisotopic (exact) mass is 327 g/mol. The van der Waals surface area contributed by atoms with Crippen LogP contribution in [0.1, 0.15) is 1.43 Å². The standard InChI is InChI=1S/B.Bi.Li.H4O4Si.4H/c;;;1-5(2,3)4;;;;/h;;;1-4H;;;;/q;;+1;;;;;-1. The van der Waals surface area contributed by atoms with Crippen LogP contribution in [-0.2, 0) is 0 Å². The molecule has 0 amide bonds. The first-order chi connectivity index (χ1) is 2.00. The van der Waals surface area contributed by atoms with Crippen LogP contribution in [-0.4, -0.2) is 62.8 Å². The van der Waals surface area contributed by atoms with Crippen molar-refractivity contribution in [3.05, 3.63) is 0 Å². The predicted molar refractivity (Wildman–Crippen MR) is 31.4 cm³/mol. The van der Waals surface area contributed by atoms with E-state index in [0.29, 0.717) is 0 Å². The van der Waals surface area contributed by atoms with E-state index >= 15 is 0 Å². The maximum atomic E-state index is 7.33. The fourth-order valence-electron chi connectivity index (χ4n) is 0. The Morgan fingerprint density at radius 2 is 1.00 bits per heavy atom. The molecule has 0 aliphatic carbocycles. The first kappa shape index (κ1) is 22.6. The van der Waals surface area contributed by atoms with Gasteiger partial charge in [-0.15, -0.1) is 0 Å². The topological polar surface area (TPSA) is 80.9 Å². The average Bonchev–Trinajstić information content (AvgIpc) is 0.722. The summed E-state index contributed by atoms with van der Waals surface area (Å²) in [5, 5.41) is 0. The number of hydrogen-bond acceptors (Lipinski definition) is 4. The van der Waals surface area contributed by atoms with Crippen LogP contribution in [0.4, 0.5) is 0 Å².